The van der Waals surface area contributed by atoms with Crippen molar-refractivity contribution in [3.8, 4) is 17.3 Å². The van der Waals surface area contributed by atoms with Crippen LogP contribution in [-0.4, -0.2) is 47.1 Å². The number of rotatable bonds is 7. The van der Waals surface area contributed by atoms with Crippen LogP contribution in [0.1, 0.15) is 36.6 Å². The second kappa shape index (κ2) is 11.7. The van der Waals surface area contributed by atoms with Gasteiger partial charge >= 0.3 is 0 Å². The van der Waals surface area contributed by atoms with E-state index in [0.717, 1.165) is 37.2 Å². The molecule has 0 radical (unpaired) electrons. The van der Waals surface area contributed by atoms with Gasteiger partial charge in [0.2, 0.25) is 0 Å². The molecule has 39 heavy (non-hydrogen) atoms. The number of nitrogens with two attached hydrogens (primary N) is 1. The van der Waals surface area contributed by atoms with E-state index in [2.05, 4.69) is 27.9 Å². The zero-order chi connectivity index (χ0) is 27.5. The molecule has 0 aliphatic carbocycles. The molecule has 3 aromatic rings. The number of aryl methyl sites for hydroxylation is 2. The summed E-state index contributed by atoms with van der Waals surface area (Å²) in [4.78, 5) is 12.9. The van der Waals surface area contributed by atoms with E-state index < -0.39 is 23.0 Å². The third kappa shape index (κ3) is 6.23. The van der Waals surface area contributed by atoms with Crippen molar-refractivity contribution >= 4 is 5.69 Å². The van der Waals surface area contributed by atoms with E-state index in [-0.39, 0.29) is 17.7 Å². The maximum atomic E-state index is 15.2. The number of nitrogens with zero attached hydrogens (tertiary/aromatic N) is 5. The highest BCUT2D eigenvalue weighted by Crippen LogP contribution is 2.30. The Hall–Kier alpha value is -3.48. The summed E-state index contributed by atoms with van der Waals surface area (Å²) in [7, 11) is 0. The van der Waals surface area contributed by atoms with Crippen LogP contribution in [0.2, 0.25) is 0 Å². The Morgan fingerprint density at radius 3 is 2.56 bits per heavy atom. The molecule has 0 saturated carbocycles. The summed E-state index contributed by atoms with van der Waals surface area (Å²) in [6.45, 7) is 5.47. The Balaban J connectivity index is 1.33. The van der Waals surface area contributed by atoms with Crippen LogP contribution in [0.3, 0.4) is 0 Å². The van der Waals surface area contributed by atoms with Gasteiger partial charge in [-0.3, -0.25) is 9.88 Å². The molecule has 2 saturated heterocycles. The number of halogens is 3. The highest BCUT2D eigenvalue weighted by Gasteiger charge is 2.25. The molecule has 204 valence electrons. The van der Waals surface area contributed by atoms with Crippen LogP contribution in [-0.2, 0) is 19.4 Å². The van der Waals surface area contributed by atoms with Crippen molar-refractivity contribution in [3.63, 3.8) is 0 Å². The first kappa shape index (κ1) is 27.1. The van der Waals surface area contributed by atoms with Crippen molar-refractivity contribution in [1.29, 1.82) is 5.26 Å². The minimum absolute atomic E-state index is 0.0660. The molecular weight excluding hydrogens is 501 g/mol. The molecule has 9 heteroatoms. The summed E-state index contributed by atoms with van der Waals surface area (Å²) < 4.78 is 45.1. The summed E-state index contributed by atoms with van der Waals surface area (Å²) in [5.74, 6) is -2.07. The van der Waals surface area contributed by atoms with Gasteiger partial charge in [-0.2, -0.15) is 5.26 Å². The second-order valence-electron chi connectivity index (χ2n) is 10.9. The van der Waals surface area contributed by atoms with Gasteiger partial charge in [0.1, 0.15) is 23.1 Å². The minimum atomic E-state index is -0.852. The predicted molar refractivity (Wildman–Crippen MR) is 144 cm³/mol. The first-order valence-corrected chi connectivity index (χ1v) is 13.5. The van der Waals surface area contributed by atoms with Gasteiger partial charge in [-0.25, -0.2) is 18.2 Å². The third-order valence-electron chi connectivity index (χ3n) is 7.66. The number of anilines is 1. The van der Waals surface area contributed by atoms with E-state index in [0.29, 0.717) is 49.7 Å². The van der Waals surface area contributed by atoms with Gasteiger partial charge in [0.15, 0.2) is 0 Å². The van der Waals surface area contributed by atoms with Crippen LogP contribution >= 0.6 is 0 Å². The molecule has 2 aliphatic rings. The average Bonchev–Trinajstić information content (AvgIpc) is 3.35. The van der Waals surface area contributed by atoms with Gasteiger partial charge in [-0.1, -0.05) is 6.92 Å². The van der Waals surface area contributed by atoms with Crippen LogP contribution in [0.25, 0.3) is 11.3 Å². The Bertz CT molecular complexity index is 1340. The highest BCUT2D eigenvalue weighted by atomic mass is 19.1. The van der Waals surface area contributed by atoms with Gasteiger partial charge in [-0.15, -0.1) is 0 Å². The number of nitriles is 1. The van der Waals surface area contributed by atoms with E-state index in [4.69, 9.17) is 11.0 Å². The fraction of sp³-hybridized carbons (Fsp3) is 0.433. The lowest BCUT2D eigenvalue weighted by Gasteiger charge is -2.37. The zero-order valence-electron chi connectivity index (χ0n) is 22.1. The standard InChI is InChI=1S/C30H33F3N6/c1-19-10-23(35)18-39(15-19)28-6-8-36-14-22(28)2-3-24-4-5-25(31)30(37-24)29-26(32)11-21(12-27(29)33)17-38-9-7-20(13-34)16-38/h4-6,8,11-12,14,19-20,23H,2-3,7,9-10,15-18,35H2,1H3/t19-,20-,23+/m1/s1. The van der Waals surface area contributed by atoms with Crippen LogP contribution in [0.4, 0.5) is 18.9 Å². The first-order chi connectivity index (χ1) is 18.8. The van der Waals surface area contributed by atoms with Crippen LogP contribution in [0.15, 0.2) is 42.7 Å². The summed E-state index contributed by atoms with van der Waals surface area (Å²) in [6.07, 6.45) is 6.36. The lowest BCUT2D eigenvalue weighted by Crippen LogP contribution is -2.46. The van der Waals surface area contributed by atoms with Crippen molar-refractivity contribution < 1.29 is 13.2 Å². The van der Waals surface area contributed by atoms with Crippen molar-refractivity contribution in [2.24, 2.45) is 17.6 Å². The smallest absolute Gasteiger partial charge is 0.149 e. The maximum absolute atomic E-state index is 15.2. The SMILES string of the molecule is C[C@@H]1C[C@H](N)CN(c2ccncc2CCc2ccc(F)c(-c3c(F)cc(CN4CC[C@H](C#N)C4)cc3F)n2)C1. The maximum Gasteiger partial charge on any atom is 0.149 e. The Labute approximate surface area is 227 Å². The predicted octanol–water partition coefficient (Wildman–Crippen LogP) is 4.87. The fourth-order valence-electron chi connectivity index (χ4n) is 5.86. The number of aromatic nitrogens is 2. The largest absolute Gasteiger partial charge is 0.369 e. The lowest BCUT2D eigenvalue weighted by atomic mass is 9.95. The second-order valence-corrected chi connectivity index (χ2v) is 10.9. The van der Waals surface area contributed by atoms with Crippen molar-refractivity contribution in [2.75, 3.05) is 31.1 Å². The van der Waals surface area contributed by atoms with E-state index in [1.54, 1.807) is 12.3 Å². The molecular formula is C30H33F3N6. The topological polar surface area (TPSA) is 82.1 Å². The van der Waals surface area contributed by atoms with E-state index in [9.17, 15) is 4.39 Å². The quantitative estimate of drug-likeness (QED) is 0.466. The minimum Gasteiger partial charge on any atom is -0.369 e. The molecule has 2 fully saturated rings. The normalized spacial score (nSPS) is 21.7. The number of hydrogen-bond donors (Lipinski definition) is 1. The summed E-state index contributed by atoms with van der Waals surface area (Å²) in [5, 5.41) is 9.10. The third-order valence-corrected chi connectivity index (χ3v) is 7.66. The van der Waals surface area contributed by atoms with Crippen molar-refractivity contribution in [2.45, 2.75) is 45.2 Å². The van der Waals surface area contributed by atoms with Gasteiger partial charge in [0.05, 0.1) is 17.6 Å². The summed E-state index contributed by atoms with van der Waals surface area (Å²) in [5.41, 5.74) is 8.54. The van der Waals surface area contributed by atoms with E-state index >= 15 is 8.78 Å². The monoisotopic (exact) mass is 534 g/mol. The number of piperidine rings is 1. The molecule has 0 spiro atoms. The molecule has 2 aromatic heterocycles. The van der Waals surface area contributed by atoms with Gasteiger partial charge in [0.25, 0.3) is 0 Å². The molecule has 5 rings (SSSR count). The number of benzene rings is 1. The molecule has 2 N–H and O–H groups in total. The summed E-state index contributed by atoms with van der Waals surface area (Å²) >= 11 is 0. The zero-order valence-corrected chi connectivity index (χ0v) is 22.1. The molecule has 0 unspecified atom stereocenters. The average molecular weight is 535 g/mol. The number of likely N-dealkylation sites (tertiary alicyclic amines) is 1. The fourth-order valence-corrected chi connectivity index (χ4v) is 5.86. The highest BCUT2D eigenvalue weighted by molar-refractivity contribution is 5.62. The van der Waals surface area contributed by atoms with Crippen molar-refractivity contribution in [1.82, 2.24) is 14.9 Å². The molecule has 6 nitrogen and oxygen atoms in total. The van der Waals surface area contributed by atoms with E-state index in [1.165, 1.54) is 18.2 Å². The molecule has 3 atom stereocenters. The van der Waals surface area contributed by atoms with Gasteiger partial charge in [-0.05, 0) is 79.6 Å². The Kier molecular flexibility index (Phi) is 8.15. The Morgan fingerprint density at radius 1 is 1.05 bits per heavy atom. The van der Waals surface area contributed by atoms with Crippen LogP contribution < -0.4 is 10.6 Å². The van der Waals surface area contributed by atoms with Crippen LogP contribution in [0.5, 0.6) is 0 Å². The molecule has 1 aromatic carbocycles. The molecule has 4 heterocycles. The van der Waals surface area contributed by atoms with Gasteiger partial charge in [0, 0.05) is 56.0 Å². The first-order valence-electron chi connectivity index (χ1n) is 13.5. The van der Waals surface area contributed by atoms with E-state index in [1.807, 2.05) is 17.2 Å². The summed E-state index contributed by atoms with van der Waals surface area (Å²) in [6, 6.07) is 9.57. The van der Waals surface area contributed by atoms with Crippen molar-refractivity contribution in [3.05, 3.63) is 77.0 Å². The van der Waals surface area contributed by atoms with Gasteiger partial charge < -0.3 is 10.6 Å². The number of pyridine rings is 2. The number of hydrogen-bond acceptors (Lipinski definition) is 6. The molecule has 2 aliphatic heterocycles. The molecule has 0 bridgehead atoms. The van der Waals surface area contributed by atoms with Crippen LogP contribution in [0, 0.1) is 40.6 Å². The lowest BCUT2D eigenvalue weighted by molar-refractivity contribution is 0.324. The Morgan fingerprint density at radius 2 is 1.85 bits per heavy atom. The molecule has 0 amide bonds.